The first-order chi connectivity index (χ1) is 8.66. The first-order valence-corrected chi connectivity index (χ1v) is 6.16. The lowest BCUT2D eigenvalue weighted by molar-refractivity contribution is 0.0695. The van der Waals surface area contributed by atoms with Gasteiger partial charge in [-0.05, 0) is 18.2 Å². The number of rotatable bonds is 4. The average Bonchev–Trinajstić information content (AvgIpc) is 2.37. The van der Waals surface area contributed by atoms with Gasteiger partial charge in [-0.1, -0.05) is 6.07 Å². The Bertz CT molecular complexity index is 575. The van der Waals surface area contributed by atoms with Crippen LogP contribution in [0.1, 0.15) is 16.1 Å². The van der Waals surface area contributed by atoms with E-state index in [-0.39, 0.29) is 5.56 Å². The van der Waals surface area contributed by atoms with E-state index in [4.69, 9.17) is 10.8 Å². The van der Waals surface area contributed by atoms with Crippen LogP contribution < -0.4 is 5.73 Å². The molecule has 0 saturated carbocycles. The van der Waals surface area contributed by atoms with Crippen LogP contribution in [0.15, 0.2) is 41.7 Å². The first-order valence-electron chi connectivity index (χ1n) is 5.17. The van der Waals surface area contributed by atoms with Crippen LogP contribution in [0.25, 0.3) is 0 Å². The SMILES string of the molecule is Nc1cccc(SCc2ncncc2C(=O)O)c1. The summed E-state index contributed by atoms with van der Waals surface area (Å²) >= 11 is 1.49. The average molecular weight is 261 g/mol. The molecule has 0 amide bonds. The van der Waals surface area contributed by atoms with Crippen molar-refractivity contribution in [3.63, 3.8) is 0 Å². The van der Waals surface area contributed by atoms with E-state index >= 15 is 0 Å². The zero-order valence-corrected chi connectivity index (χ0v) is 10.2. The molecule has 1 aromatic carbocycles. The highest BCUT2D eigenvalue weighted by Crippen LogP contribution is 2.24. The van der Waals surface area contributed by atoms with E-state index in [0.29, 0.717) is 17.1 Å². The molecule has 0 saturated heterocycles. The summed E-state index contributed by atoms with van der Waals surface area (Å²) in [5.41, 5.74) is 6.99. The molecule has 3 N–H and O–H groups in total. The topological polar surface area (TPSA) is 89.1 Å². The second kappa shape index (κ2) is 5.50. The van der Waals surface area contributed by atoms with Crippen LogP contribution in [0, 0.1) is 0 Å². The summed E-state index contributed by atoms with van der Waals surface area (Å²) in [4.78, 5) is 19.7. The van der Waals surface area contributed by atoms with Crippen LogP contribution in [0.5, 0.6) is 0 Å². The van der Waals surface area contributed by atoms with Gasteiger partial charge < -0.3 is 10.8 Å². The molecule has 0 atom stereocenters. The minimum absolute atomic E-state index is 0.133. The molecule has 0 bridgehead atoms. The van der Waals surface area contributed by atoms with Crippen molar-refractivity contribution in [3.05, 3.63) is 48.0 Å². The van der Waals surface area contributed by atoms with Crippen LogP contribution >= 0.6 is 11.8 Å². The number of carboxylic acid groups (broad SMARTS) is 1. The van der Waals surface area contributed by atoms with Gasteiger partial charge in [-0.15, -0.1) is 11.8 Å². The smallest absolute Gasteiger partial charge is 0.339 e. The van der Waals surface area contributed by atoms with Crippen molar-refractivity contribution in [2.75, 3.05) is 5.73 Å². The molecule has 0 radical (unpaired) electrons. The summed E-state index contributed by atoms with van der Waals surface area (Å²) in [6.45, 7) is 0. The van der Waals surface area contributed by atoms with E-state index in [2.05, 4.69) is 9.97 Å². The summed E-state index contributed by atoms with van der Waals surface area (Å²) in [7, 11) is 0. The Morgan fingerprint density at radius 3 is 3.00 bits per heavy atom. The molecule has 1 heterocycles. The van der Waals surface area contributed by atoms with Crippen molar-refractivity contribution >= 4 is 23.4 Å². The van der Waals surface area contributed by atoms with Crippen LogP contribution in [0.2, 0.25) is 0 Å². The van der Waals surface area contributed by atoms with Gasteiger partial charge in [-0.3, -0.25) is 0 Å². The second-order valence-corrected chi connectivity index (χ2v) is 4.60. The minimum Gasteiger partial charge on any atom is -0.478 e. The molecule has 6 heteroatoms. The molecule has 0 aliphatic heterocycles. The zero-order chi connectivity index (χ0) is 13.0. The fraction of sp³-hybridized carbons (Fsp3) is 0.0833. The van der Waals surface area contributed by atoms with Gasteiger partial charge in [0.05, 0.1) is 5.69 Å². The monoisotopic (exact) mass is 261 g/mol. The number of aromatic nitrogens is 2. The van der Waals surface area contributed by atoms with Gasteiger partial charge in [0.2, 0.25) is 0 Å². The maximum atomic E-state index is 11.0. The number of nitrogen functional groups attached to an aromatic ring is 1. The van der Waals surface area contributed by atoms with Gasteiger partial charge in [0.25, 0.3) is 0 Å². The highest BCUT2D eigenvalue weighted by atomic mass is 32.2. The summed E-state index contributed by atoms with van der Waals surface area (Å²) in [5, 5.41) is 9.00. The number of nitrogens with zero attached hydrogens (tertiary/aromatic N) is 2. The summed E-state index contributed by atoms with van der Waals surface area (Å²) < 4.78 is 0. The van der Waals surface area contributed by atoms with Gasteiger partial charge >= 0.3 is 5.97 Å². The van der Waals surface area contributed by atoms with E-state index in [1.165, 1.54) is 24.3 Å². The maximum Gasteiger partial charge on any atom is 0.339 e. The molecule has 0 fully saturated rings. The molecule has 2 rings (SSSR count). The number of carboxylic acids is 1. The minimum atomic E-state index is -1.02. The van der Waals surface area contributed by atoms with Crippen molar-refractivity contribution in [2.24, 2.45) is 0 Å². The van der Waals surface area contributed by atoms with Crippen molar-refractivity contribution in [2.45, 2.75) is 10.6 Å². The molecule has 0 aliphatic carbocycles. The lowest BCUT2D eigenvalue weighted by Crippen LogP contribution is -2.04. The van der Waals surface area contributed by atoms with E-state index in [0.717, 1.165) is 4.90 Å². The van der Waals surface area contributed by atoms with Gasteiger partial charge in [0.1, 0.15) is 11.9 Å². The third kappa shape index (κ3) is 2.98. The number of benzene rings is 1. The molecule has 92 valence electrons. The summed E-state index contributed by atoms with van der Waals surface area (Å²) in [6.07, 6.45) is 2.66. The van der Waals surface area contributed by atoms with Crippen molar-refractivity contribution in [3.8, 4) is 0 Å². The summed E-state index contributed by atoms with van der Waals surface area (Å²) in [5.74, 6) is -0.549. The van der Waals surface area contributed by atoms with Gasteiger partial charge in [0.15, 0.2) is 0 Å². The van der Waals surface area contributed by atoms with E-state index in [1.54, 1.807) is 6.07 Å². The third-order valence-electron chi connectivity index (χ3n) is 2.26. The third-order valence-corrected chi connectivity index (χ3v) is 3.26. The number of thioether (sulfide) groups is 1. The molecule has 0 spiro atoms. The molecule has 2 aromatic rings. The highest BCUT2D eigenvalue weighted by molar-refractivity contribution is 7.98. The van der Waals surface area contributed by atoms with Crippen LogP contribution in [0.4, 0.5) is 5.69 Å². The quantitative estimate of drug-likeness (QED) is 0.646. The van der Waals surface area contributed by atoms with Crippen molar-refractivity contribution in [1.29, 1.82) is 0 Å². The first kappa shape index (κ1) is 12.4. The molecule has 18 heavy (non-hydrogen) atoms. The molecular formula is C12H11N3O2S. The number of hydrogen-bond donors (Lipinski definition) is 2. The maximum absolute atomic E-state index is 11.0. The van der Waals surface area contributed by atoms with Crippen LogP contribution in [-0.2, 0) is 5.75 Å². The van der Waals surface area contributed by atoms with Crippen LogP contribution in [-0.4, -0.2) is 21.0 Å². The normalized spacial score (nSPS) is 10.2. The Morgan fingerprint density at radius 2 is 2.28 bits per heavy atom. The molecular weight excluding hydrogens is 250 g/mol. The zero-order valence-electron chi connectivity index (χ0n) is 9.41. The number of anilines is 1. The predicted octanol–water partition coefficient (Wildman–Crippen LogP) is 2.05. The highest BCUT2D eigenvalue weighted by Gasteiger charge is 2.11. The lowest BCUT2D eigenvalue weighted by Gasteiger charge is -2.04. The van der Waals surface area contributed by atoms with E-state index in [9.17, 15) is 4.79 Å². The fourth-order valence-electron chi connectivity index (χ4n) is 1.40. The Hall–Kier alpha value is -2.08. The number of hydrogen-bond acceptors (Lipinski definition) is 5. The van der Waals surface area contributed by atoms with Crippen molar-refractivity contribution < 1.29 is 9.90 Å². The molecule has 5 nitrogen and oxygen atoms in total. The molecule has 0 unspecified atom stereocenters. The Morgan fingerprint density at radius 1 is 1.44 bits per heavy atom. The standard InChI is InChI=1S/C12H11N3O2S/c13-8-2-1-3-9(4-8)18-6-11-10(12(16)17)5-14-7-15-11/h1-5,7H,6,13H2,(H,16,17). The Labute approximate surface area is 108 Å². The Kier molecular flexibility index (Phi) is 3.78. The largest absolute Gasteiger partial charge is 0.478 e. The van der Waals surface area contributed by atoms with Gasteiger partial charge in [-0.2, -0.15) is 0 Å². The summed E-state index contributed by atoms with van der Waals surface area (Å²) in [6, 6.07) is 7.42. The molecule has 1 aromatic heterocycles. The second-order valence-electron chi connectivity index (χ2n) is 3.55. The predicted molar refractivity (Wildman–Crippen MR) is 69.4 cm³/mol. The van der Waals surface area contributed by atoms with E-state index in [1.807, 2.05) is 18.2 Å². The number of nitrogens with two attached hydrogens (primary N) is 1. The van der Waals surface area contributed by atoms with Gasteiger partial charge in [-0.25, -0.2) is 14.8 Å². The van der Waals surface area contributed by atoms with Crippen LogP contribution in [0.3, 0.4) is 0 Å². The van der Waals surface area contributed by atoms with E-state index < -0.39 is 5.97 Å². The fourth-order valence-corrected chi connectivity index (χ4v) is 2.33. The number of carbonyl (C=O) groups is 1. The lowest BCUT2D eigenvalue weighted by atomic mass is 10.2. The van der Waals surface area contributed by atoms with Crippen molar-refractivity contribution in [1.82, 2.24) is 9.97 Å². The van der Waals surface area contributed by atoms with Gasteiger partial charge in [0, 0.05) is 22.5 Å². The number of aromatic carboxylic acids is 1. The Balaban J connectivity index is 2.13. The molecule has 0 aliphatic rings.